The molecule has 1 amide bonds. The van der Waals surface area contributed by atoms with Gasteiger partial charge in [-0.2, -0.15) is 0 Å². The lowest BCUT2D eigenvalue weighted by molar-refractivity contribution is 0.102. The Kier molecular flexibility index (Phi) is 4.67. The Morgan fingerprint density at radius 1 is 0.760 bits per heavy atom. The van der Waals surface area contributed by atoms with Crippen molar-refractivity contribution in [3.63, 3.8) is 0 Å². The fourth-order valence-electron chi connectivity index (χ4n) is 2.43. The quantitative estimate of drug-likeness (QED) is 0.772. The van der Waals surface area contributed by atoms with Crippen molar-refractivity contribution in [2.24, 2.45) is 0 Å². The van der Waals surface area contributed by atoms with E-state index in [1.54, 1.807) is 24.3 Å². The summed E-state index contributed by atoms with van der Waals surface area (Å²) in [4.78, 5) is 12.5. The zero-order valence-electron chi connectivity index (χ0n) is 13.6. The van der Waals surface area contributed by atoms with Gasteiger partial charge in [0.1, 0.15) is 0 Å². The van der Waals surface area contributed by atoms with Crippen LogP contribution in [0.25, 0.3) is 11.1 Å². The lowest BCUT2D eigenvalue weighted by atomic mass is 10.0. The van der Waals surface area contributed by atoms with Crippen LogP contribution in [0.5, 0.6) is 0 Å². The molecule has 0 unspecified atom stereocenters. The Morgan fingerprint density at radius 3 is 1.88 bits per heavy atom. The second kappa shape index (κ2) is 6.91. The highest BCUT2D eigenvalue weighted by atomic mass is 32.2. The molecule has 0 saturated heterocycles. The van der Waals surface area contributed by atoms with E-state index < -0.39 is 9.84 Å². The predicted molar refractivity (Wildman–Crippen MR) is 99.4 cm³/mol. The molecule has 3 aromatic carbocycles. The highest BCUT2D eigenvalue weighted by Crippen LogP contribution is 2.20. The van der Waals surface area contributed by atoms with E-state index in [0.717, 1.165) is 17.4 Å². The third-order valence-electron chi connectivity index (χ3n) is 3.79. The molecule has 0 aliphatic rings. The topological polar surface area (TPSA) is 63.2 Å². The third kappa shape index (κ3) is 4.14. The second-order valence-electron chi connectivity index (χ2n) is 5.69. The Morgan fingerprint density at radius 2 is 1.32 bits per heavy atom. The van der Waals surface area contributed by atoms with Gasteiger partial charge in [0.05, 0.1) is 4.90 Å². The number of anilines is 1. The van der Waals surface area contributed by atoms with Gasteiger partial charge in [0, 0.05) is 17.5 Å². The summed E-state index contributed by atoms with van der Waals surface area (Å²) in [5.41, 5.74) is 3.21. The monoisotopic (exact) mass is 351 g/mol. The number of amides is 1. The summed E-state index contributed by atoms with van der Waals surface area (Å²) in [7, 11) is -3.24. The molecule has 25 heavy (non-hydrogen) atoms. The first-order valence-corrected chi connectivity index (χ1v) is 9.59. The highest BCUT2D eigenvalue weighted by molar-refractivity contribution is 7.90. The maximum atomic E-state index is 12.3. The first-order chi connectivity index (χ1) is 11.9. The molecule has 0 radical (unpaired) electrons. The molecule has 1 N–H and O–H groups in total. The van der Waals surface area contributed by atoms with Crippen LogP contribution in [0.2, 0.25) is 0 Å². The molecular formula is C20H17NO3S. The third-order valence-corrected chi connectivity index (χ3v) is 4.92. The molecule has 4 nitrogen and oxygen atoms in total. The molecule has 0 fully saturated rings. The standard InChI is InChI=1S/C20H17NO3S/c1-25(23,24)19-13-11-18(12-14-19)21-20(22)17-9-7-16(8-10-17)15-5-3-2-4-6-15/h2-14H,1H3,(H,21,22). The average molecular weight is 351 g/mol. The zero-order chi connectivity index (χ0) is 17.9. The highest BCUT2D eigenvalue weighted by Gasteiger charge is 2.09. The fraction of sp³-hybridized carbons (Fsp3) is 0.0500. The summed E-state index contributed by atoms with van der Waals surface area (Å²) in [5, 5.41) is 2.76. The van der Waals surface area contributed by atoms with Gasteiger partial charge in [0.15, 0.2) is 9.84 Å². The van der Waals surface area contributed by atoms with Crippen molar-refractivity contribution in [1.29, 1.82) is 0 Å². The lowest BCUT2D eigenvalue weighted by Crippen LogP contribution is -2.11. The van der Waals surface area contributed by atoms with Crippen molar-refractivity contribution in [1.82, 2.24) is 0 Å². The van der Waals surface area contributed by atoms with E-state index in [2.05, 4.69) is 5.32 Å². The molecule has 0 spiro atoms. The van der Waals surface area contributed by atoms with Crippen LogP contribution in [0.15, 0.2) is 83.8 Å². The smallest absolute Gasteiger partial charge is 0.255 e. The average Bonchev–Trinajstić information content (AvgIpc) is 2.62. The minimum Gasteiger partial charge on any atom is -0.322 e. The molecule has 3 rings (SSSR count). The summed E-state index contributed by atoms with van der Waals surface area (Å²) in [6, 6.07) is 23.4. The Labute approximate surface area is 147 Å². The van der Waals surface area contributed by atoms with Gasteiger partial charge in [-0.25, -0.2) is 8.42 Å². The van der Waals surface area contributed by atoms with Gasteiger partial charge in [-0.15, -0.1) is 0 Å². The Balaban J connectivity index is 1.73. The van der Waals surface area contributed by atoms with E-state index in [-0.39, 0.29) is 10.8 Å². The van der Waals surface area contributed by atoms with Gasteiger partial charge in [-0.1, -0.05) is 42.5 Å². The fourth-order valence-corrected chi connectivity index (χ4v) is 3.06. The van der Waals surface area contributed by atoms with Crippen LogP contribution < -0.4 is 5.32 Å². The lowest BCUT2D eigenvalue weighted by Gasteiger charge is -2.07. The predicted octanol–water partition coefficient (Wildman–Crippen LogP) is 4.01. The van der Waals surface area contributed by atoms with Crippen LogP contribution in [0, 0.1) is 0 Å². The molecule has 0 atom stereocenters. The number of rotatable bonds is 4. The summed E-state index contributed by atoms with van der Waals surface area (Å²) in [5.74, 6) is -0.244. The number of benzene rings is 3. The number of carbonyl (C=O) groups excluding carboxylic acids is 1. The molecule has 3 aromatic rings. The Hall–Kier alpha value is -2.92. The number of sulfone groups is 1. The van der Waals surface area contributed by atoms with E-state index in [1.807, 2.05) is 42.5 Å². The van der Waals surface area contributed by atoms with Gasteiger partial charge in [-0.05, 0) is 47.5 Å². The number of nitrogens with one attached hydrogen (secondary N) is 1. The van der Waals surface area contributed by atoms with E-state index in [9.17, 15) is 13.2 Å². The Bertz CT molecular complexity index is 977. The van der Waals surface area contributed by atoms with Crippen molar-refractivity contribution in [2.75, 3.05) is 11.6 Å². The summed E-state index contributed by atoms with van der Waals surface area (Å²) >= 11 is 0. The molecule has 0 saturated carbocycles. The van der Waals surface area contributed by atoms with Gasteiger partial charge in [0.2, 0.25) is 0 Å². The van der Waals surface area contributed by atoms with Gasteiger partial charge in [0.25, 0.3) is 5.91 Å². The maximum absolute atomic E-state index is 12.3. The van der Waals surface area contributed by atoms with E-state index in [1.165, 1.54) is 12.1 Å². The van der Waals surface area contributed by atoms with Gasteiger partial charge < -0.3 is 5.32 Å². The van der Waals surface area contributed by atoms with Crippen molar-refractivity contribution in [3.05, 3.63) is 84.4 Å². The number of hydrogen-bond donors (Lipinski definition) is 1. The molecule has 126 valence electrons. The largest absolute Gasteiger partial charge is 0.322 e. The van der Waals surface area contributed by atoms with Crippen molar-refractivity contribution in [3.8, 4) is 11.1 Å². The normalized spacial score (nSPS) is 11.1. The number of hydrogen-bond acceptors (Lipinski definition) is 3. The summed E-state index contributed by atoms with van der Waals surface area (Å²) in [6.45, 7) is 0. The van der Waals surface area contributed by atoms with Crippen LogP contribution in [-0.4, -0.2) is 20.6 Å². The number of carbonyl (C=O) groups is 1. The molecule has 0 aliphatic heterocycles. The molecule has 0 bridgehead atoms. The minimum absolute atomic E-state index is 0.220. The van der Waals surface area contributed by atoms with E-state index in [0.29, 0.717) is 11.3 Å². The SMILES string of the molecule is CS(=O)(=O)c1ccc(NC(=O)c2ccc(-c3ccccc3)cc2)cc1. The van der Waals surface area contributed by atoms with Crippen LogP contribution in [0.1, 0.15) is 10.4 Å². The molecular weight excluding hydrogens is 334 g/mol. The zero-order valence-corrected chi connectivity index (χ0v) is 14.5. The van der Waals surface area contributed by atoms with Crippen molar-refractivity contribution in [2.45, 2.75) is 4.90 Å². The van der Waals surface area contributed by atoms with Crippen molar-refractivity contribution < 1.29 is 13.2 Å². The van der Waals surface area contributed by atoms with E-state index in [4.69, 9.17) is 0 Å². The van der Waals surface area contributed by atoms with Crippen molar-refractivity contribution >= 4 is 21.4 Å². The first kappa shape index (κ1) is 16.9. The summed E-state index contributed by atoms with van der Waals surface area (Å²) < 4.78 is 22.9. The maximum Gasteiger partial charge on any atom is 0.255 e. The first-order valence-electron chi connectivity index (χ1n) is 7.70. The van der Waals surface area contributed by atoms with Gasteiger partial charge in [-0.3, -0.25) is 4.79 Å². The van der Waals surface area contributed by atoms with E-state index >= 15 is 0 Å². The molecule has 0 aliphatic carbocycles. The van der Waals surface area contributed by atoms with Crippen LogP contribution >= 0.6 is 0 Å². The van der Waals surface area contributed by atoms with Gasteiger partial charge >= 0.3 is 0 Å². The van der Waals surface area contributed by atoms with Crippen LogP contribution in [-0.2, 0) is 9.84 Å². The molecule has 5 heteroatoms. The second-order valence-corrected chi connectivity index (χ2v) is 7.71. The molecule has 0 aromatic heterocycles. The van der Waals surface area contributed by atoms with Crippen LogP contribution in [0.3, 0.4) is 0 Å². The minimum atomic E-state index is -3.24. The molecule has 0 heterocycles. The van der Waals surface area contributed by atoms with Crippen LogP contribution in [0.4, 0.5) is 5.69 Å². The summed E-state index contributed by atoms with van der Waals surface area (Å²) in [6.07, 6.45) is 1.15.